The van der Waals surface area contributed by atoms with Crippen molar-refractivity contribution in [3.8, 4) is 11.3 Å². The first-order chi connectivity index (χ1) is 8.97. The summed E-state index contributed by atoms with van der Waals surface area (Å²) < 4.78 is 0. The summed E-state index contributed by atoms with van der Waals surface area (Å²) in [6.45, 7) is 3.99. The lowest BCUT2D eigenvalue weighted by atomic mass is 10.2. The molecule has 0 aromatic carbocycles. The largest absolute Gasteiger partial charge is 0.477 e. The molecule has 0 amide bonds. The molecule has 3 N–H and O–H groups in total. The number of nitrogens with one attached hydrogen (secondary N) is 2. The first-order valence-corrected chi connectivity index (χ1v) is 6.06. The van der Waals surface area contributed by atoms with E-state index in [2.05, 4.69) is 20.5 Å². The molecule has 2 rings (SSSR count). The van der Waals surface area contributed by atoms with Crippen molar-refractivity contribution < 1.29 is 9.90 Å². The molecule has 0 atom stereocenters. The molecule has 0 bridgehead atoms. The maximum absolute atomic E-state index is 10.8. The molecule has 0 spiro atoms. The molecule has 2 aromatic heterocycles. The monoisotopic (exact) mass is 280 g/mol. The third-order valence-electron chi connectivity index (χ3n) is 2.38. The van der Waals surface area contributed by atoms with E-state index in [1.54, 1.807) is 6.07 Å². The van der Waals surface area contributed by atoms with Crippen LogP contribution < -0.4 is 5.32 Å². The molecule has 6 nitrogen and oxygen atoms in total. The van der Waals surface area contributed by atoms with Gasteiger partial charge in [-0.05, 0) is 26.0 Å². The highest BCUT2D eigenvalue weighted by Crippen LogP contribution is 2.28. The Hall–Kier alpha value is -2.08. The zero-order chi connectivity index (χ0) is 14.0. The highest BCUT2D eigenvalue weighted by molar-refractivity contribution is 6.33. The summed E-state index contributed by atoms with van der Waals surface area (Å²) in [6, 6.07) is 3.41. The Kier molecular flexibility index (Phi) is 3.71. The van der Waals surface area contributed by atoms with Crippen LogP contribution >= 0.6 is 11.6 Å². The van der Waals surface area contributed by atoms with Gasteiger partial charge in [-0.15, -0.1) is 0 Å². The van der Waals surface area contributed by atoms with Gasteiger partial charge in [0.05, 0.1) is 10.7 Å². The number of aromatic nitrogens is 3. The number of hydrogen-bond donors (Lipinski definition) is 3. The molecular weight excluding hydrogens is 268 g/mol. The summed E-state index contributed by atoms with van der Waals surface area (Å²) in [4.78, 5) is 15.0. The third-order valence-corrected chi connectivity index (χ3v) is 2.68. The maximum Gasteiger partial charge on any atom is 0.353 e. The van der Waals surface area contributed by atoms with Gasteiger partial charge < -0.3 is 10.4 Å². The quantitative estimate of drug-likeness (QED) is 0.801. The van der Waals surface area contributed by atoms with Crippen LogP contribution in [0.4, 0.5) is 5.82 Å². The molecule has 2 heterocycles. The number of carboxylic acids is 1. The van der Waals surface area contributed by atoms with Gasteiger partial charge in [0.15, 0.2) is 0 Å². The van der Waals surface area contributed by atoms with Gasteiger partial charge in [0, 0.05) is 17.8 Å². The fourth-order valence-electron chi connectivity index (χ4n) is 1.58. The molecule has 100 valence electrons. The van der Waals surface area contributed by atoms with E-state index in [0.717, 1.165) is 0 Å². The van der Waals surface area contributed by atoms with Gasteiger partial charge in [0.2, 0.25) is 0 Å². The molecular formula is C12H13ClN4O2. The average Bonchev–Trinajstić information content (AvgIpc) is 2.80. The molecule has 0 saturated carbocycles. The minimum absolute atomic E-state index is 0.0150. The number of aromatic carboxylic acids is 1. The number of anilines is 1. The summed E-state index contributed by atoms with van der Waals surface area (Å²) in [5.74, 6) is -0.404. The predicted octanol–water partition coefficient (Wildman–Crippen LogP) is 2.64. The van der Waals surface area contributed by atoms with Crippen molar-refractivity contribution >= 4 is 23.4 Å². The zero-order valence-corrected chi connectivity index (χ0v) is 11.2. The van der Waals surface area contributed by atoms with Crippen molar-refractivity contribution in [2.45, 2.75) is 19.9 Å². The average molecular weight is 281 g/mol. The number of aromatic amines is 1. The van der Waals surface area contributed by atoms with E-state index < -0.39 is 5.97 Å². The van der Waals surface area contributed by atoms with Crippen LogP contribution in [0.15, 0.2) is 18.3 Å². The van der Waals surface area contributed by atoms with Crippen LogP contribution in [0.25, 0.3) is 11.3 Å². The Morgan fingerprint density at radius 3 is 2.79 bits per heavy atom. The predicted molar refractivity (Wildman–Crippen MR) is 72.5 cm³/mol. The molecule has 0 unspecified atom stereocenters. The summed E-state index contributed by atoms with van der Waals surface area (Å²) in [6.07, 6.45) is 1.51. The second-order valence-electron chi connectivity index (χ2n) is 4.32. The molecule has 2 aromatic rings. The van der Waals surface area contributed by atoms with E-state index in [1.165, 1.54) is 12.3 Å². The van der Waals surface area contributed by atoms with Crippen LogP contribution in [-0.2, 0) is 0 Å². The SMILES string of the molecule is CC(C)Nc1cc(-c2cc(C(=O)O)[nH]n2)c(Cl)cn1. The molecule has 7 heteroatoms. The van der Waals surface area contributed by atoms with Crippen LogP contribution in [0, 0.1) is 0 Å². The van der Waals surface area contributed by atoms with Crippen molar-refractivity contribution in [1.82, 2.24) is 15.2 Å². The van der Waals surface area contributed by atoms with E-state index in [-0.39, 0.29) is 11.7 Å². The Balaban J connectivity index is 2.39. The van der Waals surface area contributed by atoms with E-state index >= 15 is 0 Å². The standard InChI is InChI=1S/C12H13ClN4O2/c1-6(2)15-11-3-7(8(13)5-14-11)9-4-10(12(18)19)17-16-9/h3-6H,1-2H3,(H,14,15)(H,16,17)(H,18,19). The number of H-pyrrole nitrogens is 1. The lowest BCUT2D eigenvalue weighted by Crippen LogP contribution is -2.10. The second-order valence-corrected chi connectivity index (χ2v) is 4.73. The van der Waals surface area contributed by atoms with Crippen LogP contribution in [0.5, 0.6) is 0 Å². The molecule has 0 saturated heterocycles. The van der Waals surface area contributed by atoms with E-state index in [9.17, 15) is 4.79 Å². The summed E-state index contributed by atoms with van der Waals surface area (Å²) >= 11 is 6.06. The van der Waals surface area contributed by atoms with Crippen molar-refractivity contribution in [3.63, 3.8) is 0 Å². The lowest BCUT2D eigenvalue weighted by Gasteiger charge is -2.10. The maximum atomic E-state index is 10.8. The Morgan fingerprint density at radius 1 is 1.47 bits per heavy atom. The molecule has 0 aliphatic heterocycles. The van der Waals surface area contributed by atoms with Crippen molar-refractivity contribution in [3.05, 3.63) is 29.0 Å². The fourth-order valence-corrected chi connectivity index (χ4v) is 1.78. The van der Waals surface area contributed by atoms with Crippen molar-refractivity contribution in [2.75, 3.05) is 5.32 Å². The van der Waals surface area contributed by atoms with Crippen molar-refractivity contribution in [2.24, 2.45) is 0 Å². The summed E-state index contributed by atoms with van der Waals surface area (Å²) in [5, 5.41) is 18.8. The zero-order valence-electron chi connectivity index (χ0n) is 10.4. The highest BCUT2D eigenvalue weighted by atomic mass is 35.5. The third kappa shape index (κ3) is 3.03. The number of nitrogens with zero attached hydrogens (tertiary/aromatic N) is 2. The number of rotatable bonds is 4. The first kappa shape index (κ1) is 13.4. The molecule has 19 heavy (non-hydrogen) atoms. The number of carbonyl (C=O) groups is 1. The van der Waals surface area contributed by atoms with Gasteiger partial charge in [-0.2, -0.15) is 5.10 Å². The van der Waals surface area contributed by atoms with Crippen LogP contribution in [-0.4, -0.2) is 32.3 Å². The van der Waals surface area contributed by atoms with Gasteiger partial charge >= 0.3 is 5.97 Å². The van der Waals surface area contributed by atoms with Gasteiger partial charge in [-0.3, -0.25) is 5.10 Å². The smallest absolute Gasteiger partial charge is 0.353 e. The molecule has 0 aliphatic rings. The van der Waals surface area contributed by atoms with Gasteiger partial charge in [0.1, 0.15) is 11.5 Å². The van der Waals surface area contributed by atoms with Gasteiger partial charge in [-0.1, -0.05) is 11.6 Å². The topological polar surface area (TPSA) is 90.9 Å². The van der Waals surface area contributed by atoms with Crippen LogP contribution in [0.2, 0.25) is 5.02 Å². The minimum atomic E-state index is -1.07. The number of carboxylic acid groups (broad SMARTS) is 1. The Bertz CT molecular complexity index is 610. The molecule has 0 fully saturated rings. The Labute approximate surface area is 114 Å². The van der Waals surface area contributed by atoms with Crippen LogP contribution in [0.3, 0.4) is 0 Å². The highest BCUT2D eigenvalue weighted by Gasteiger charge is 2.13. The second kappa shape index (κ2) is 5.27. The summed E-state index contributed by atoms with van der Waals surface area (Å²) in [7, 11) is 0. The van der Waals surface area contributed by atoms with E-state index in [0.29, 0.717) is 22.1 Å². The number of hydrogen-bond acceptors (Lipinski definition) is 4. The normalized spacial score (nSPS) is 10.7. The molecule has 0 radical (unpaired) electrons. The fraction of sp³-hybridized carbons (Fsp3) is 0.250. The number of pyridine rings is 1. The Morgan fingerprint density at radius 2 is 2.21 bits per heavy atom. The van der Waals surface area contributed by atoms with E-state index in [1.807, 2.05) is 13.8 Å². The van der Waals surface area contributed by atoms with Crippen molar-refractivity contribution in [1.29, 1.82) is 0 Å². The van der Waals surface area contributed by atoms with Gasteiger partial charge in [-0.25, -0.2) is 9.78 Å². The molecule has 0 aliphatic carbocycles. The van der Waals surface area contributed by atoms with Gasteiger partial charge in [0.25, 0.3) is 0 Å². The lowest BCUT2D eigenvalue weighted by molar-refractivity contribution is 0.0690. The first-order valence-electron chi connectivity index (χ1n) is 5.68. The number of halogens is 1. The minimum Gasteiger partial charge on any atom is -0.477 e. The van der Waals surface area contributed by atoms with E-state index in [4.69, 9.17) is 16.7 Å². The van der Waals surface area contributed by atoms with Crippen LogP contribution in [0.1, 0.15) is 24.3 Å². The summed E-state index contributed by atoms with van der Waals surface area (Å²) in [5.41, 5.74) is 1.11.